The predicted molar refractivity (Wildman–Crippen MR) is 77.3 cm³/mol. The third kappa shape index (κ3) is 2.12. The van der Waals surface area contributed by atoms with Crippen LogP contribution in [0.1, 0.15) is 37.7 Å². The second-order valence-electron chi connectivity index (χ2n) is 5.83. The minimum absolute atomic E-state index is 0.376. The summed E-state index contributed by atoms with van der Waals surface area (Å²) in [6.07, 6.45) is 6.08. The van der Waals surface area contributed by atoms with Crippen molar-refractivity contribution in [2.75, 3.05) is 4.90 Å². The maximum absolute atomic E-state index is 6.44. The molecule has 0 saturated carbocycles. The van der Waals surface area contributed by atoms with Gasteiger partial charge in [0.25, 0.3) is 0 Å². The van der Waals surface area contributed by atoms with E-state index in [2.05, 4.69) is 30.0 Å². The molecule has 0 radical (unpaired) electrons. The largest absolute Gasteiger partial charge is 0.364 e. The molecule has 18 heavy (non-hydrogen) atoms. The lowest BCUT2D eigenvalue weighted by molar-refractivity contribution is 0.271. The van der Waals surface area contributed by atoms with Crippen LogP contribution < -0.4 is 10.6 Å². The molecule has 2 bridgehead atoms. The first kappa shape index (κ1) is 12.3. The van der Waals surface area contributed by atoms with Crippen molar-refractivity contribution < 1.29 is 0 Å². The van der Waals surface area contributed by atoms with Gasteiger partial charge in [-0.3, -0.25) is 0 Å². The number of piperidine rings is 2. The number of nitrogens with zero attached hydrogens (tertiary/aromatic N) is 1. The van der Waals surface area contributed by atoms with E-state index in [0.717, 1.165) is 17.9 Å². The van der Waals surface area contributed by atoms with Gasteiger partial charge in [0.2, 0.25) is 0 Å². The molecule has 0 aliphatic carbocycles. The van der Waals surface area contributed by atoms with E-state index in [1.54, 1.807) is 0 Å². The molecule has 2 saturated heterocycles. The van der Waals surface area contributed by atoms with Crippen LogP contribution in [0, 0.1) is 6.92 Å². The second-order valence-corrected chi connectivity index (χ2v) is 6.24. The molecule has 2 atom stereocenters. The standard InChI is InChI=1S/C15H21ClN2/c1-10-5-6-15(14(16)7-10)18-12-3-2-4-13(18)9-11(17)8-12/h5-7,11-13H,2-4,8-9,17H2,1H3. The quantitative estimate of drug-likeness (QED) is 0.841. The third-order valence-corrected chi connectivity index (χ3v) is 4.70. The zero-order chi connectivity index (χ0) is 12.7. The summed E-state index contributed by atoms with van der Waals surface area (Å²) in [6, 6.07) is 7.97. The molecule has 2 unspecified atom stereocenters. The first-order valence-electron chi connectivity index (χ1n) is 6.95. The Balaban J connectivity index is 1.95. The molecule has 2 fully saturated rings. The van der Waals surface area contributed by atoms with E-state index >= 15 is 0 Å². The first-order valence-corrected chi connectivity index (χ1v) is 7.33. The van der Waals surface area contributed by atoms with Crippen molar-refractivity contribution in [2.45, 2.75) is 57.2 Å². The van der Waals surface area contributed by atoms with E-state index in [9.17, 15) is 0 Å². The van der Waals surface area contributed by atoms with E-state index < -0.39 is 0 Å². The number of nitrogens with two attached hydrogens (primary N) is 1. The zero-order valence-corrected chi connectivity index (χ0v) is 11.7. The summed E-state index contributed by atoms with van der Waals surface area (Å²) in [6.45, 7) is 2.09. The topological polar surface area (TPSA) is 29.3 Å². The van der Waals surface area contributed by atoms with Gasteiger partial charge < -0.3 is 10.6 Å². The number of benzene rings is 1. The lowest BCUT2D eigenvalue weighted by Gasteiger charge is -2.50. The van der Waals surface area contributed by atoms with Crippen LogP contribution in [-0.2, 0) is 0 Å². The van der Waals surface area contributed by atoms with Crippen LogP contribution in [0.3, 0.4) is 0 Å². The van der Waals surface area contributed by atoms with Crippen molar-refractivity contribution in [1.82, 2.24) is 0 Å². The molecule has 3 rings (SSSR count). The van der Waals surface area contributed by atoms with Gasteiger partial charge >= 0.3 is 0 Å². The van der Waals surface area contributed by atoms with Gasteiger partial charge in [-0.25, -0.2) is 0 Å². The van der Waals surface area contributed by atoms with Gasteiger partial charge in [0.05, 0.1) is 10.7 Å². The van der Waals surface area contributed by atoms with Gasteiger partial charge in [-0.2, -0.15) is 0 Å². The summed E-state index contributed by atoms with van der Waals surface area (Å²) in [5.41, 5.74) is 8.60. The molecular weight excluding hydrogens is 244 g/mol. The normalized spacial score (nSPS) is 31.5. The highest BCUT2D eigenvalue weighted by Crippen LogP contribution is 2.40. The lowest BCUT2D eigenvalue weighted by Crippen LogP contribution is -2.55. The molecular formula is C15H21ClN2. The number of rotatable bonds is 1. The van der Waals surface area contributed by atoms with Crippen LogP contribution >= 0.6 is 11.6 Å². The monoisotopic (exact) mass is 264 g/mol. The van der Waals surface area contributed by atoms with Crippen molar-refractivity contribution in [3.8, 4) is 0 Å². The fourth-order valence-corrected chi connectivity index (χ4v) is 3.97. The van der Waals surface area contributed by atoms with E-state index in [-0.39, 0.29) is 0 Å². The Morgan fingerprint density at radius 2 is 1.89 bits per heavy atom. The van der Waals surface area contributed by atoms with Gasteiger partial charge in [0.1, 0.15) is 0 Å². The Bertz CT molecular complexity index is 432. The fourth-order valence-electron chi connectivity index (χ4n) is 3.64. The number of fused-ring (bicyclic) bond motifs is 2. The van der Waals surface area contributed by atoms with Crippen LogP contribution in [-0.4, -0.2) is 18.1 Å². The highest BCUT2D eigenvalue weighted by Gasteiger charge is 2.37. The van der Waals surface area contributed by atoms with Crippen molar-refractivity contribution in [3.05, 3.63) is 28.8 Å². The van der Waals surface area contributed by atoms with Crippen LogP contribution in [0.5, 0.6) is 0 Å². The lowest BCUT2D eigenvalue weighted by atomic mass is 9.81. The van der Waals surface area contributed by atoms with Gasteiger partial charge in [0.15, 0.2) is 0 Å². The minimum Gasteiger partial charge on any atom is -0.364 e. The average Bonchev–Trinajstić information content (AvgIpc) is 2.28. The van der Waals surface area contributed by atoms with Gasteiger partial charge in [-0.15, -0.1) is 0 Å². The first-order chi connectivity index (χ1) is 8.65. The predicted octanol–water partition coefficient (Wildman–Crippen LogP) is 3.50. The van der Waals surface area contributed by atoms with Crippen molar-refractivity contribution >= 4 is 17.3 Å². The molecule has 0 amide bonds. The smallest absolute Gasteiger partial charge is 0.0642 e. The number of hydrogen-bond acceptors (Lipinski definition) is 2. The highest BCUT2D eigenvalue weighted by atomic mass is 35.5. The molecule has 2 N–H and O–H groups in total. The summed E-state index contributed by atoms with van der Waals surface area (Å²) in [5, 5.41) is 0.891. The Labute approximate surface area is 114 Å². The molecule has 0 spiro atoms. The zero-order valence-electron chi connectivity index (χ0n) is 10.9. The fraction of sp³-hybridized carbons (Fsp3) is 0.600. The van der Waals surface area contributed by atoms with Crippen LogP contribution in [0.25, 0.3) is 0 Å². The van der Waals surface area contributed by atoms with Crippen LogP contribution in [0.2, 0.25) is 5.02 Å². The van der Waals surface area contributed by atoms with E-state index in [4.69, 9.17) is 17.3 Å². The minimum atomic E-state index is 0.376. The summed E-state index contributed by atoms with van der Waals surface area (Å²) >= 11 is 6.44. The van der Waals surface area contributed by atoms with E-state index in [1.807, 2.05) is 0 Å². The molecule has 3 heteroatoms. The summed E-state index contributed by atoms with van der Waals surface area (Å²) in [4.78, 5) is 2.55. The number of hydrogen-bond donors (Lipinski definition) is 1. The Morgan fingerprint density at radius 3 is 2.50 bits per heavy atom. The molecule has 2 nitrogen and oxygen atoms in total. The van der Waals surface area contributed by atoms with Gasteiger partial charge in [0, 0.05) is 18.1 Å². The van der Waals surface area contributed by atoms with Gasteiger partial charge in [-0.1, -0.05) is 17.7 Å². The third-order valence-electron chi connectivity index (χ3n) is 4.39. The second kappa shape index (κ2) is 4.75. The number of aryl methyl sites for hydroxylation is 1. The molecule has 2 aliphatic rings. The maximum Gasteiger partial charge on any atom is 0.0642 e. The van der Waals surface area contributed by atoms with Crippen LogP contribution in [0.15, 0.2) is 18.2 Å². The molecule has 2 aliphatic heterocycles. The van der Waals surface area contributed by atoms with Crippen LogP contribution in [0.4, 0.5) is 5.69 Å². The summed E-state index contributed by atoms with van der Waals surface area (Å²) in [7, 11) is 0. The Hall–Kier alpha value is -0.730. The number of halogens is 1. The molecule has 0 aromatic heterocycles. The number of anilines is 1. The van der Waals surface area contributed by atoms with E-state index in [0.29, 0.717) is 18.1 Å². The molecule has 2 heterocycles. The highest BCUT2D eigenvalue weighted by molar-refractivity contribution is 6.33. The van der Waals surface area contributed by atoms with Gasteiger partial charge in [-0.05, 0) is 56.7 Å². The Kier molecular flexibility index (Phi) is 3.25. The average molecular weight is 265 g/mol. The summed E-state index contributed by atoms with van der Waals surface area (Å²) < 4.78 is 0. The summed E-state index contributed by atoms with van der Waals surface area (Å²) in [5.74, 6) is 0. The molecule has 1 aromatic carbocycles. The van der Waals surface area contributed by atoms with Crippen molar-refractivity contribution in [2.24, 2.45) is 5.73 Å². The molecule has 1 aromatic rings. The van der Waals surface area contributed by atoms with Crippen molar-refractivity contribution in [1.29, 1.82) is 0 Å². The van der Waals surface area contributed by atoms with Crippen molar-refractivity contribution in [3.63, 3.8) is 0 Å². The Morgan fingerprint density at radius 1 is 1.22 bits per heavy atom. The molecule has 98 valence electrons. The van der Waals surface area contributed by atoms with E-state index in [1.165, 1.54) is 30.5 Å². The SMILES string of the molecule is Cc1ccc(N2C3CCCC2CC(N)C3)c(Cl)c1. The maximum atomic E-state index is 6.44.